The molecule has 2 saturated heterocycles. The molecule has 0 saturated carbocycles. The van der Waals surface area contributed by atoms with Gasteiger partial charge in [-0.1, -0.05) is 6.92 Å². The third kappa shape index (κ3) is 4.44. The zero-order chi connectivity index (χ0) is 13.9. The van der Waals surface area contributed by atoms with Gasteiger partial charge < -0.3 is 15.0 Å². The number of ether oxygens (including phenoxy) is 1. The highest BCUT2D eigenvalue weighted by atomic mass is 16.5. The molecule has 2 fully saturated rings. The quantitative estimate of drug-likeness (QED) is 0.829. The smallest absolute Gasteiger partial charge is 0.0710 e. The van der Waals surface area contributed by atoms with Crippen molar-refractivity contribution in [1.82, 2.24) is 10.2 Å². The lowest BCUT2D eigenvalue weighted by Gasteiger charge is -2.36. The Bertz CT molecular complexity index is 272. The van der Waals surface area contributed by atoms with Crippen LogP contribution in [0, 0.1) is 5.92 Å². The SMILES string of the molecule is CCNC(C)C1CCN(CC2CCC(C)(C)O2)CC1. The summed E-state index contributed by atoms with van der Waals surface area (Å²) in [4.78, 5) is 2.61. The van der Waals surface area contributed by atoms with E-state index in [1.54, 1.807) is 0 Å². The van der Waals surface area contributed by atoms with E-state index in [9.17, 15) is 0 Å². The maximum Gasteiger partial charge on any atom is 0.0710 e. The molecule has 0 aromatic carbocycles. The molecule has 2 atom stereocenters. The molecule has 2 rings (SSSR count). The van der Waals surface area contributed by atoms with Gasteiger partial charge in [0.2, 0.25) is 0 Å². The minimum atomic E-state index is 0.114. The fraction of sp³-hybridized carbons (Fsp3) is 1.00. The molecule has 0 aliphatic carbocycles. The molecule has 0 amide bonds. The number of hydrogen-bond acceptors (Lipinski definition) is 3. The van der Waals surface area contributed by atoms with Crippen LogP contribution >= 0.6 is 0 Å². The van der Waals surface area contributed by atoms with Gasteiger partial charge in [-0.2, -0.15) is 0 Å². The number of nitrogens with zero attached hydrogens (tertiary/aromatic N) is 1. The number of hydrogen-bond donors (Lipinski definition) is 1. The maximum absolute atomic E-state index is 6.11. The van der Waals surface area contributed by atoms with Gasteiger partial charge in [0.15, 0.2) is 0 Å². The predicted octanol–water partition coefficient (Wildman–Crippen LogP) is 2.65. The first-order valence-corrected chi connectivity index (χ1v) is 8.14. The van der Waals surface area contributed by atoms with Gasteiger partial charge in [-0.05, 0) is 72.0 Å². The summed E-state index contributed by atoms with van der Waals surface area (Å²) in [6.45, 7) is 13.7. The normalized spacial score (nSPS) is 30.6. The van der Waals surface area contributed by atoms with Crippen LogP contribution in [-0.4, -0.2) is 48.8 Å². The molecule has 1 N–H and O–H groups in total. The molecular formula is C16H32N2O. The average molecular weight is 268 g/mol. The molecule has 2 unspecified atom stereocenters. The Labute approximate surface area is 119 Å². The van der Waals surface area contributed by atoms with Crippen LogP contribution in [0.2, 0.25) is 0 Å². The van der Waals surface area contributed by atoms with Crippen molar-refractivity contribution < 1.29 is 4.74 Å². The van der Waals surface area contributed by atoms with Crippen LogP contribution in [0.4, 0.5) is 0 Å². The molecule has 2 aliphatic rings. The third-order valence-corrected chi connectivity index (χ3v) is 4.88. The molecule has 0 bridgehead atoms. The van der Waals surface area contributed by atoms with Gasteiger partial charge in [0, 0.05) is 12.6 Å². The molecule has 0 radical (unpaired) electrons. The van der Waals surface area contributed by atoms with Crippen molar-refractivity contribution in [1.29, 1.82) is 0 Å². The Morgan fingerprint density at radius 2 is 1.95 bits per heavy atom. The maximum atomic E-state index is 6.11. The molecule has 0 spiro atoms. The van der Waals surface area contributed by atoms with Crippen molar-refractivity contribution in [2.75, 3.05) is 26.2 Å². The summed E-state index contributed by atoms with van der Waals surface area (Å²) in [5, 5.41) is 3.57. The average Bonchev–Trinajstić information content (AvgIpc) is 2.70. The Morgan fingerprint density at radius 1 is 1.26 bits per heavy atom. The van der Waals surface area contributed by atoms with E-state index < -0.39 is 0 Å². The summed E-state index contributed by atoms with van der Waals surface area (Å²) < 4.78 is 6.11. The number of likely N-dealkylation sites (tertiary alicyclic amines) is 1. The lowest BCUT2D eigenvalue weighted by molar-refractivity contribution is -0.0324. The number of piperidine rings is 1. The summed E-state index contributed by atoms with van der Waals surface area (Å²) in [5.41, 5.74) is 0.114. The first-order valence-electron chi connectivity index (χ1n) is 8.14. The first-order chi connectivity index (χ1) is 9.00. The highest BCUT2D eigenvalue weighted by Gasteiger charge is 2.33. The van der Waals surface area contributed by atoms with Gasteiger partial charge in [-0.15, -0.1) is 0 Å². The second kappa shape index (κ2) is 6.55. The van der Waals surface area contributed by atoms with E-state index in [-0.39, 0.29) is 5.60 Å². The van der Waals surface area contributed by atoms with Crippen molar-refractivity contribution in [2.24, 2.45) is 5.92 Å². The van der Waals surface area contributed by atoms with Crippen molar-refractivity contribution in [3.8, 4) is 0 Å². The third-order valence-electron chi connectivity index (χ3n) is 4.88. The van der Waals surface area contributed by atoms with Crippen LogP contribution < -0.4 is 5.32 Å². The van der Waals surface area contributed by atoms with E-state index in [2.05, 4.69) is 37.9 Å². The van der Waals surface area contributed by atoms with E-state index in [0.717, 1.165) is 19.0 Å². The van der Waals surface area contributed by atoms with Crippen molar-refractivity contribution in [2.45, 2.75) is 71.1 Å². The van der Waals surface area contributed by atoms with Gasteiger partial charge in [0.05, 0.1) is 11.7 Å². The second-order valence-electron chi connectivity index (χ2n) is 7.02. The number of nitrogens with one attached hydrogen (secondary N) is 1. The lowest BCUT2D eigenvalue weighted by Crippen LogP contribution is -2.44. The van der Waals surface area contributed by atoms with Crippen LogP contribution in [0.15, 0.2) is 0 Å². The topological polar surface area (TPSA) is 24.5 Å². The Morgan fingerprint density at radius 3 is 2.47 bits per heavy atom. The van der Waals surface area contributed by atoms with Crippen LogP contribution in [0.1, 0.15) is 53.4 Å². The zero-order valence-corrected chi connectivity index (χ0v) is 13.2. The molecule has 3 heteroatoms. The number of rotatable bonds is 5. The molecule has 0 aromatic rings. The molecule has 0 aromatic heterocycles. The van der Waals surface area contributed by atoms with E-state index in [1.165, 1.54) is 38.8 Å². The van der Waals surface area contributed by atoms with Crippen LogP contribution in [0.5, 0.6) is 0 Å². The largest absolute Gasteiger partial charge is 0.371 e. The van der Waals surface area contributed by atoms with Gasteiger partial charge in [-0.25, -0.2) is 0 Å². The van der Waals surface area contributed by atoms with Gasteiger partial charge in [-0.3, -0.25) is 0 Å². The highest BCUT2D eigenvalue weighted by molar-refractivity contribution is 4.85. The van der Waals surface area contributed by atoms with Crippen LogP contribution in [0.3, 0.4) is 0 Å². The minimum Gasteiger partial charge on any atom is -0.371 e. The van der Waals surface area contributed by atoms with Crippen LogP contribution in [-0.2, 0) is 4.74 Å². The Hall–Kier alpha value is -0.120. The lowest BCUT2D eigenvalue weighted by atomic mass is 9.90. The summed E-state index contributed by atoms with van der Waals surface area (Å²) >= 11 is 0. The summed E-state index contributed by atoms with van der Waals surface area (Å²) in [6.07, 6.45) is 5.60. The fourth-order valence-electron chi connectivity index (χ4n) is 3.62. The van der Waals surface area contributed by atoms with Gasteiger partial charge in [0.25, 0.3) is 0 Å². The van der Waals surface area contributed by atoms with Crippen molar-refractivity contribution in [3.05, 3.63) is 0 Å². The van der Waals surface area contributed by atoms with Crippen LogP contribution in [0.25, 0.3) is 0 Å². The summed E-state index contributed by atoms with van der Waals surface area (Å²) in [7, 11) is 0. The highest BCUT2D eigenvalue weighted by Crippen LogP contribution is 2.30. The predicted molar refractivity (Wildman–Crippen MR) is 80.5 cm³/mol. The first kappa shape index (κ1) is 15.3. The second-order valence-corrected chi connectivity index (χ2v) is 7.02. The van der Waals surface area contributed by atoms with Gasteiger partial charge in [0.1, 0.15) is 0 Å². The van der Waals surface area contributed by atoms with E-state index in [4.69, 9.17) is 4.74 Å². The molecule has 19 heavy (non-hydrogen) atoms. The van der Waals surface area contributed by atoms with Crippen molar-refractivity contribution in [3.63, 3.8) is 0 Å². The molecule has 112 valence electrons. The van der Waals surface area contributed by atoms with E-state index in [1.807, 2.05) is 0 Å². The molecule has 2 aliphatic heterocycles. The Balaban J connectivity index is 1.69. The zero-order valence-electron chi connectivity index (χ0n) is 13.2. The minimum absolute atomic E-state index is 0.114. The monoisotopic (exact) mass is 268 g/mol. The fourth-order valence-corrected chi connectivity index (χ4v) is 3.62. The van der Waals surface area contributed by atoms with E-state index in [0.29, 0.717) is 12.1 Å². The molecule has 2 heterocycles. The van der Waals surface area contributed by atoms with E-state index >= 15 is 0 Å². The summed E-state index contributed by atoms with van der Waals surface area (Å²) in [5.74, 6) is 0.858. The molecular weight excluding hydrogens is 236 g/mol. The van der Waals surface area contributed by atoms with Gasteiger partial charge >= 0.3 is 0 Å². The molecule has 3 nitrogen and oxygen atoms in total. The Kier molecular flexibility index (Phi) is 5.27. The van der Waals surface area contributed by atoms with Crippen molar-refractivity contribution >= 4 is 0 Å². The standard InChI is InChI=1S/C16H32N2O/c1-5-17-13(2)14-7-10-18(11-8-14)12-15-6-9-16(3,4)19-15/h13-15,17H,5-12H2,1-4H3. The summed E-state index contributed by atoms with van der Waals surface area (Å²) in [6, 6.07) is 0.675.